The van der Waals surface area contributed by atoms with E-state index in [4.69, 9.17) is 23.2 Å². The zero-order chi connectivity index (χ0) is 16.0. The van der Waals surface area contributed by atoms with E-state index in [1.807, 2.05) is 18.2 Å². The van der Waals surface area contributed by atoms with Crippen LogP contribution in [0.25, 0.3) is 5.57 Å². The van der Waals surface area contributed by atoms with Crippen molar-refractivity contribution in [2.45, 2.75) is 12.5 Å². The van der Waals surface area contributed by atoms with Gasteiger partial charge in [0.05, 0.1) is 6.04 Å². The van der Waals surface area contributed by atoms with Gasteiger partial charge in [-0.2, -0.15) is 0 Å². The van der Waals surface area contributed by atoms with Crippen LogP contribution in [-0.2, 0) is 0 Å². The second-order valence-corrected chi connectivity index (χ2v) is 7.61. The summed E-state index contributed by atoms with van der Waals surface area (Å²) in [5, 5.41) is 8.51. The second-order valence-electron chi connectivity index (χ2n) is 5.85. The van der Waals surface area contributed by atoms with Crippen LogP contribution in [0.15, 0.2) is 46.4 Å². The molecule has 0 bridgehead atoms. The molecule has 0 saturated carbocycles. The highest BCUT2D eigenvalue weighted by molar-refractivity contribution is 9.10. The highest BCUT2D eigenvalue weighted by Crippen LogP contribution is 2.42. The van der Waals surface area contributed by atoms with Gasteiger partial charge in [0.1, 0.15) is 0 Å². The molecule has 4 rings (SSSR count). The first-order chi connectivity index (χ1) is 11.1. The Hall–Kier alpha value is -1.00. The quantitative estimate of drug-likeness (QED) is 0.633. The van der Waals surface area contributed by atoms with Crippen LogP contribution in [0.2, 0.25) is 10.0 Å². The number of hydrogen-bond acceptors (Lipinski definition) is 2. The van der Waals surface area contributed by atoms with Gasteiger partial charge in [0.25, 0.3) is 0 Å². The van der Waals surface area contributed by atoms with Gasteiger partial charge in [-0.25, -0.2) is 0 Å². The minimum Gasteiger partial charge on any atom is -0.381 e. The van der Waals surface area contributed by atoms with E-state index in [-0.39, 0.29) is 6.04 Å². The average molecular weight is 410 g/mol. The van der Waals surface area contributed by atoms with Crippen LogP contribution < -0.4 is 10.6 Å². The van der Waals surface area contributed by atoms with Gasteiger partial charge in [-0.3, -0.25) is 0 Å². The van der Waals surface area contributed by atoms with E-state index >= 15 is 0 Å². The van der Waals surface area contributed by atoms with Crippen molar-refractivity contribution >= 4 is 50.4 Å². The number of anilines is 1. The monoisotopic (exact) mass is 408 g/mol. The molecule has 2 aliphatic heterocycles. The highest BCUT2D eigenvalue weighted by Gasteiger charge is 2.29. The van der Waals surface area contributed by atoms with Crippen molar-refractivity contribution in [2.75, 3.05) is 18.4 Å². The summed E-state index contributed by atoms with van der Waals surface area (Å²) >= 11 is 16.1. The third-order valence-corrected chi connectivity index (χ3v) is 5.56. The molecule has 23 heavy (non-hydrogen) atoms. The van der Waals surface area contributed by atoms with Crippen molar-refractivity contribution in [1.29, 1.82) is 0 Å². The maximum Gasteiger partial charge on any atom is 0.0574 e. The van der Waals surface area contributed by atoms with E-state index in [1.54, 1.807) is 0 Å². The fraction of sp³-hybridized carbons (Fsp3) is 0.222. The number of halogens is 3. The molecule has 0 radical (unpaired) electrons. The number of rotatable bonds is 1. The highest BCUT2D eigenvalue weighted by atomic mass is 79.9. The molecule has 2 N–H and O–H groups in total. The first-order valence-corrected chi connectivity index (χ1v) is 9.12. The Morgan fingerprint density at radius 3 is 2.78 bits per heavy atom. The smallest absolute Gasteiger partial charge is 0.0574 e. The average Bonchev–Trinajstić information content (AvgIpc) is 2.54. The van der Waals surface area contributed by atoms with E-state index in [9.17, 15) is 0 Å². The standard InChI is InChI=1S/C18H15BrCl2N2/c19-10-1-4-17-14(7-10)12-5-6-22-18(15(12)9-23-17)13-3-2-11(20)8-16(13)21/h1-4,7-8,18,22-23H,5-6,9H2. The Kier molecular flexibility index (Phi) is 4.14. The third-order valence-electron chi connectivity index (χ3n) is 4.51. The number of fused-ring (bicyclic) bond motifs is 2. The van der Waals surface area contributed by atoms with Gasteiger partial charge < -0.3 is 10.6 Å². The predicted molar refractivity (Wildman–Crippen MR) is 101 cm³/mol. The van der Waals surface area contributed by atoms with Crippen LogP contribution in [0.5, 0.6) is 0 Å². The van der Waals surface area contributed by atoms with E-state index in [2.05, 4.69) is 44.8 Å². The molecule has 0 amide bonds. The summed E-state index contributed by atoms with van der Waals surface area (Å²) in [6.45, 7) is 1.77. The minimum absolute atomic E-state index is 0.128. The molecule has 1 atom stereocenters. The molecule has 0 saturated heterocycles. The molecule has 2 nitrogen and oxygen atoms in total. The topological polar surface area (TPSA) is 24.1 Å². The lowest BCUT2D eigenvalue weighted by atomic mass is 9.83. The van der Waals surface area contributed by atoms with Gasteiger partial charge >= 0.3 is 0 Å². The molecular weight excluding hydrogens is 395 g/mol. The Balaban J connectivity index is 1.83. The number of benzene rings is 2. The first-order valence-electron chi connectivity index (χ1n) is 7.57. The Morgan fingerprint density at radius 1 is 1.09 bits per heavy atom. The predicted octanol–water partition coefficient (Wildman–Crippen LogP) is 5.67. The van der Waals surface area contributed by atoms with Gasteiger partial charge in [0.2, 0.25) is 0 Å². The third kappa shape index (κ3) is 2.80. The summed E-state index contributed by atoms with van der Waals surface area (Å²) in [7, 11) is 0. The molecule has 0 aromatic heterocycles. The summed E-state index contributed by atoms with van der Waals surface area (Å²) in [5.41, 5.74) is 6.37. The lowest BCUT2D eigenvalue weighted by molar-refractivity contribution is 0.573. The van der Waals surface area contributed by atoms with Crippen molar-refractivity contribution in [3.63, 3.8) is 0 Å². The van der Waals surface area contributed by atoms with Gasteiger partial charge in [-0.1, -0.05) is 45.2 Å². The lowest BCUT2D eigenvalue weighted by Gasteiger charge is -2.35. The number of hydrogen-bond donors (Lipinski definition) is 2. The molecular formula is C18H15BrCl2N2. The normalized spacial score (nSPS) is 19.9. The molecule has 118 valence electrons. The second kappa shape index (κ2) is 6.14. The zero-order valence-electron chi connectivity index (χ0n) is 12.3. The zero-order valence-corrected chi connectivity index (χ0v) is 15.4. The largest absolute Gasteiger partial charge is 0.381 e. The molecule has 2 aromatic rings. The number of nitrogens with one attached hydrogen (secondary N) is 2. The summed E-state index contributed by atoms with van der Waals surface area (Å²) in [6, 6.07) is 12.3. The van der Waals surface area contributed by atoms with Crippen LogP contribution >= 0.6 is 39.1 Å². The van der Waals surface area contributed by atoms with Crippen LogP contribution in [-0.4, -0.2) is 13.1 Å². The summed E-state index contributed by atoms with van der Waals surface area (Å²) in [6.07, 6.45) is 1.03. The molecule has 0 spiro atoms. The van der Waals surface area contributed by atoms with Crippen molar-refractivity contribution in [3.8, 4) is 0 Å². The maximum atomic E-state index is 6.44. The maximum absolute atomic E-state index is 6.44. The van der Waals surface area contributed by atoms with E-state index in [0.29, 0.717) is 10.0 Å². The Morgan fingerprint density at radius 2 is 1.96 bits per heavy atom. The van der Waals surface area contributed by atoms with Crippen LogP contribution in [0.4, 0.5) is 5.69 Å². The Bertz CT molecular complexity index is 817. The molecule has 2 aliphatic rings. The first kappa shape index (κ1) is 15.5. The fourth-order valence-corrected chi connectivity index (χ4v) is 4.34. The van der Waals surface area contributed by atoms with Crippen molar-refractivity contribution in [3.05, 3.63) is 67.6 Å². The van der Waals surface area contributed by atoms with Gasteiger partial charge in [-0.05, 0) is 53.5 Å². The van der Waals surface area contributed by atoms with E-state index < -0.39 is 0 Å². The molecule has 2 aromatic carbocycles. The van der Waals surface area contributed by atoms with E-state index in [0.717, 1.165) is 29.5 Å². The SMILES string of the molecule is Clc1ccc(C2NCCC3=C2CNc2ccc(Br)cc23)c(Cl)c1. The van der Waals surface area contributed by atoms with Crippen molar-refractivity contribution in [1.82, 2.24) is 5.32 Å². The van der Waals surface area contributed by atoms with Crippen molar-refractivity contribution in [2.24, 2.45) is 0 Å². The summed E-state index contributed by atoms with van der Waals surface area (Å²) in [5.74, 6) is 0. The fourth-order valence-electron chi connectivity index (χ4n) is 3.46. The van der Waals surface area contributed by atoms with Crippen LogP contribution in [0.3, 0.4) is 0 Å². The van der Waals surface area contributed by atoms with Gasteiger partial charge in [-0.15, -0.1) is 0 Å². The molecule has 0 fully saturated rings. The van der Waals surface area contributed by atoms with Crippen molar-refractivity contribution < 1.29 is 0 Å². The van der Waals surface area contributed by atoms with Crippen LogP contribution in [0.1, 0.15) is 23.6 Å². The van der Waals surface area contributed by atoms with Crippen LogP contribution in [0, 0.1) is 0 Å². The Labute approximate surface area is 154 Å². The molecule has 5 heteroatoms. The molecule has 1 unspecified atom stereocenters. The minimum atomic E-state index is 0.128. The summed E-state index contributed by atoms with van der Waals surface area (Å²) in [4.78, 5) is 0. The van der Waals surface area contributed by atoms with E-state index in [1.165, 1.54) is 22.4 Å². The van der Waals surface area contributed by atoms with Gasteiger partial charge in [0, 0.05) is 38.9 Å². The van der Waals surface area contributed by atoms with Gasteiger partial charge in [0.15, 0.2) is 0 Å². The molecule has 0 aliphatic carbocycles. The molecule has 2 heterocycles. The lowest BCUT2D eigenvalue weighted by Crippen LogP contribution is -2.34. The summed E-state index contributed by atoms with van der Waals surface area (Å²) < 4.78 is 1.10.